The lowest BCUT2D eigenvalue weighted by Gasteiger charge is -2.32. The minimum absolute atomic E-state index is 0.0257. The second-order valence-corrected chi connectivity index (χ2v) is 5.25. The van der Waals surface area contributed by atoms with Crippen molar-refractivity contribution in [3.63, 3.8) is 0 Å². The van der Waals surface area contributed by atoms with Gasteiger partial charge in [0.05, 0.1) is 13.7 Å². The number of hydrogen-bond donors (Lipinski definition) is 1. The quantitative estimate of drug-likeness (QED) is 0.728. The molecule has 0 aromatic carbocycles. The fourth-order valence-electron chi connectivity index (χ4n) is 2.40. The Morgan fingerprint density at radius 1 is 1.28 bits per heavy atom. The van der Waals surface area contributed by atoms with Gasteiger partial charge < -0.3 is 10.1 Å². The number of likely N-dealkylation sites (tertiary alicyclic amines) is 1. The Kier molecular flexibility index (Phi) is 4.58. The smallest absolute Gasteiger partial charge is 0.323 e. The van der Waals surface area contributed by atoms with Crippen LogP contribution in [-0.2, 0) is 14.3 Å². The Morgan fingerprint density at radius 2 is 2.06 bits per heavy atom. The first-order valence-corrected chi connectivity index (χ1v) is 6.79. The monoisotopic (exact) mass is 254 g/mol. The van der Waals surface area contributed by atoms with Gasteiger partial charge in [-0.05, 0) is 38.1 Å². The lowest BCUT2D eigenvalue weighted by molar-refractivity contribution is -0.148. The van der Waals surface area contributed by atoms with E-state index in [1.165, 1.54) is 20.0 Å². The van der Waals surface area contributed by atoms with Crippen molar-refractivity contribution in [2.24, 2.45) is 5.92 Å². The summed E-state index contributed by atoms with van der Waals surface area (Å²) in [7, 11) is 1.41. The Bertz CT molecular complexity index is 315. The summed E-state index contributed by atoms with van der Waals surface area (Å²) in [6, 6.07) is -0.240. The molecule has 5 nitrogen and oxygen atoms in total. The van der Waals surface area contributed by atoms with E-state index in [0.29, 0.717) is 12.5 Å². The van der Waals surface area contributed by atoms with Crippen LogP contribution in [0.5, 0.6) is 0 Å². The average molecular weight is 254 g/mol. The molecule has 1 aliphatic carbocycles. The molecule has 1 heterocycles. The topological polar surface area (TPSA) is 58.6 Å². The molecule has 0 bridgehead atoms. The van der Waals surface area contributed by atoms with Crippen LogP contribution in [0.15, 0.2) is 0 Å². The number of nitrogens with zero attached hydrogens (tertiary/aromatic N) is 1. The van der Waals surface area contributed by atoms with E-state index in [2.05, 4.69) is 5.32 Å². The van der Waals surface area contributed by atoms with Gasteiger partial charge >= 0.3 is 5.97 Å². The molecule has 18 heavy (non-hydrogen) atoms. The van der Waals surface area contributed by atoms with Gasteiger partial charge in [-0.2, -0.15) is 0 Å². The minimum atomic E-state index is -0.240. The van der Waals surface area contributed by atoms with E-state index >= 15 is 0 Å². The third kappa shape index (κ3) is 3.70. The fourth-order valence-corrected chi connectivity index (χ4v) is 2.40. The van der Waals surface area contributed by atoms with Gasteiger partial charge in [0.2, 0.25) is 5.91 Å². The van der Waals surface area contributed by atoms with Crippen molar-refractivity contribution in [1.29, 1.82) is 0 Å². The largest absolute Gasteiger partial charge is 0.468 e. The minimum Gasteiger partial charge on any atom is -0.468 e. The van der Waals surface area contributed by atoms with E-state index in [-0.39, 0.29) is 17.9 Å². The van der Waals surface area contributed by atoms with Gasteiger partial charge in [0.25, 0.3) is 0 Å². The zero-order chi connectivity index (χ0) is 13.0. The highest BCUT2D eigenvalue weighted by Gasteiger charge is 2.31. The SMILES string of the molecule is COC(=O)[C@H]1CCCCN1CC(=O)NCC1CC1. The Labute approximate surface area is 108 Å². The van der Waals surface area contributed by atoms with E-state index in [1.807, 2.05) is 4.90 Å². The first kappa shape index (κ1) is 13.3. The highest BCUT2D eigenvalue weighted by atomic mass is 16.5. The van der Waals surface area contributed by atoms with Crippen LogP contribution in [0.3, 0.4) is 0 Å². The van der Waals surface area contributed by atoms with E-state index in [0.717, 1.165) is 32.4 Å². The average Bonchev–Trinajstić information content (AvgIpc) is 3.20. The van der Waals surface area contributed by atoms with Crippen LogP contribution in [0.2, 0.25) is 0 Å². The van der Waals surface area contributed by atoms with E-state index in [1.54, 1.807) is 0 Å². The van der Waals surface area contributed by atoms with Crippen LogP contribution in [0.4, 0.5) is 0 Å². The second-order valence-electron chi connectivity index (χ2n) is 5.25. The Morgan fingerprint density at radius 3 is 2.72 bits per heavy atom. The zero-order valence-corrected chi connectivity index (χ0v) is 11.0. The van der Waals surface area contributed by atoms with Gasteiger partial charge in [0, 0.05) is 6.54 Å². The van der Waals surface area contributed by atoms with Crippen molar-refractivity contribution in [3.8, 4) is 0 Å². The summed E-state index contributed by atoms with van der Waals surface area (Å²) in [5.41, 5.74) is 0. The van der Waals surface area contributed by atoms with Crippen LogP contribution in [0.1, 0.15) is 32.1 Å². The van der Waals surface area contributed by atoms with Crippen LogP contribution < -0.4 is 5.32 Å². The number of esters is 1. The second kappa shape index (κ2) is 6.18. The maximum absolute atomic E-state index is 11.8. The molecule has 0 aromatic rings. The van der Waals surface area contributed by atoms with Crippen molar-refractivity contribution >= 4 is 11.9 Å². The highest BCUT2D eigenvalue weighted by Crippen LogP contribution is 2.27. The number of carbonyl (C=O) groups is 2. The molecular formula is C13H22N2O3. The number of amides is 1. The Balaban J connectivity index is 1.79. The molecule has 2 fully saturated rings. The van der Waals surface area contributed by atoms with Crippen LogP contribution in [0.25, 0.3) is 0 Å². The number of hydrogen-bond acceptors (Lipinski definition) is 4. The van der Waals surface area contributed by atoms with Gasteiger partial charge in [-0.1, -0.05) is 6.42 Å². The van der Waals surface area contributed by atoms with Crippen LogP contribution in [-0.4, -0.2) is 49.6 Å². The number of piperidine rings is 1. The molecule has 2 aliphatic rings. The molecule has 2 rings (SSSR count). The number of ether oxygens (including phenoxy) is 1. The normalized spacial score (nSPS) is 24.6. The van der Waals surface area contributed by atoms with Crippen molar-refractivity contribution < 1.29 is 14.3 Å². The standard InChI is InChI=1S/C13H22N2O3/c1-18-13(17)11-4-2-3-7-15(11)9-12(16)14-8-10-5-6-10/h10-11H,2-9H2,1H3,(H,14,16)/t11-/m1/s1. The summed E-state index contributed by atoms with van der Waals surface area (Å²) in [6.07, 6.45) is 5.33. The van der Waals surface area contributed by atoms with Crippen molar-refractivity contribution in [1.82, 2.24) is 10.2 Å². The first-order chi connectivity index (χ1) is 8.70. The third-order valence-electron chi connectivity index (χ3n) is 3.72. The molecule has 5 heteroatoms. The summed E-state index contributed by atoms with van der Waals surface area (Å²) >= 11 is 0. The zero-order valence-electron chi connectivity index (χ0n) is 11.0. The van der Waals surface area contributed by atoms with Crippen molar-refractivity contribution in [3.05, 3.63) is 0 Å². The Hall–Kier alpha value is -1.10. The molecule has 0 radical (unpaired) electrons. The van der Waals surface area contributed by atoms with Crippen LogP contribution in [0, 0.1) is 5.92 Å². The van der Waals surface area contributed by atoms with Crippen LogP contribution >= 0.6 is 0 Å². The molecular weight excluding hydrogens is 232 g/mol. The van der Waals surface area contributed by atoms with Crippen molar-refractivity contribution in [2.45, 2.75) is 38.1 Å². The first-order valence-electron chi connectivity index (χ1n) is 6.79. The molecule has 1 amide bonds. The molecule has 1 aliphatic heterocycles. The maximum Gasteiger partial charge on any atom is 0.323 e. The summed E-state index contributed by atoms with van der Waals surface area (Å²) in [5, 5.41) is 2.94. The lowest BCUT2D eigenvalue weighted by Crippen LogP contribution is -2.49. The highest BCUT2D eigenvalue weighted by molar-refractivity contribution is 5.80. The fraction of sp³-hybridized carbons (Fsp3) is 0.846. The molecule has 1 N–H and O–H groups in total. The number of methoxy groups -OCH3 is 1. The van der Waals surface area contributed by atoms with Gasteiger partial charge in [0.1, 0.15) is 6.04 Å². The van der Waals surface area contributed by atoms with E-state index in [4.69, 9.17) is 4.74 Å². The summed E-state index contributed by atoms with van der Waals surface area (Å²) in [6.45, 7) is 1.90. The van der Waals surface area contributed by atoms with E-state index < -0.39 is 0 Å². The molecule has 102 valence electrons. The van der Waals surface area contributed by atoms with Gasteiger partial charge in [-0.15, -0.1) is 0 Å². The van der Waals surface area contributed by atoms with Gasteiger partial charge in [-0.25, -0.2) is 0 Å². The molecule has 1 atom stereocenters. The molecule has 0 aromatic heterocycles. The lowest BCUT2D eigenvalue weighted by atomic mass is 10.0. The molecule has 0 unspecified atom stereocenters. The number of nitrogens with one attached hydrogen (secondary N) is 1. The summed E-state index contributed by atoms with van der Waals surface area (Å²) in [5.74, 6) is 0.495. The third-order valence-corrected chi connectivity index (χ3v) is 3.72. The van der Waals surface area contributed by atoms with Gasteiger partial charge in [0.15, 0.2) is 0 Å². The van der Waals surface area contributed by atoms with Gasteiger partial charge in [-0.3, -0.25) is 14.5 Å². The maximum atomic E-state index is 11.8. The molecule has 1 saturated carbocycles. The summed E-state index contributed by atoms with van der Waals surface area (Å²) in [4.78, 5) is 25.4. The molecule has 1 saturated heterocycles. The number of carbonyl (C=O) groups excluding carboxylic acids is 2. The van der Waals surface area contributed by atoms with Crippen molar-refractivity contribution in [2.75, 3.05) is 26.7 Å². The predicted molar refractivity (Wildman–Crippen MR) is 67.0 cm³/mol. The number of rotatable bonds is 5. The molecule has 0 spiro atoms. The van der Waals surface area contributed by atoms with E-state index in [9.17, 15) is 9.59 Å². The predicted octanol–water partition coefficient (Wildman–Crippen LogP) is 0.540. The summed E-state index contributed by atoms with van der Waals surface area (Å²) < 4.78 is 4.80.